The van der Waals surface area contributed by atoms with Crippen molar-refractivity contribution in [2.45, 2.75) is 4.90 Å². The summed E-state index contributed by atoms with van der Waals surface area (Å²) in [6.07, 6.45) is 4.06. The lowest BCUT2D eigenvalue weighted by Gasteiger charge is -2.10. The highest BCUT2D eigenvalue weighted by atomic mass is 32.2. The Hall–Kier alpha value is -2.54. The Bertz CT molecular complexity index is 964. The molecule has 0 atom stereocenters. The van der Waals surface area contributed by atoms with Crippen molar-refractivity contribution in [1.82, 2.24) is 9.55 Å². The normalized spacial score (nSPS) is 11.6. The lowest BCUT2D eigenvalue weighted by molar-refractivity contribution is 0.585. The summed E-state index contributed by atoms with van der Waals surface area (Å²) < 4.78 is 51.6. The second kappa shape index (κ2) is 5.58. The molecule has 3 aromatic rings. The molecule has 1 heterocycles. The van der Waals surface area contributed by atoms with Crippen LogP contribution in [0.25, 0.3) is 16.9 Å². The summed E-state index contributed by atoms with van der Waals surface area (Å²) in [6.45, 7) is 0. The van der Waals surface area contributed by atoms with E-state index >= 15 is 0 Å². The van der Waals surface area contributed by atoms with E-state index in [0.29, 0.717) is 11.4 Å². The first-order chi connectivity index (χ1) is 10.9. The van der Waals surface area contributed by atoms with Crippen LogP contribution in [-0.4, -0.2) is 24.2 Å². The first-order valence-corrected chi connectivity index (χ1v) is 8.53. The number of imidazole rings is 1. The van der Waals surface area contributed by atoms with Crippen LogP contribution >= 0.6 is 0 Å². The van der Waals surface area contributed by atoms with Gasteiger partial charge in [-0.3, -0.25) is 4.57 Å². The summed E-state index contributed by atoms with van der Waals surface area (Å²) in [5, 5.41) is 0. The van der Waals surface area contributed by atoms with Gasteiger partial charge in [-0.2, -0.15) is 0 Å². The molecule has 3 rings (SSSR count). The third kappa shape index (κ3) is 3.00. The van der Waals surface area contributed by atoms with Gasteiger partial charge in [0.15, 0.2) is 9.84 Å². The molecule has 23 heavy (non-hydrogen) atoms. The van der Waals surface area contributed by atoms with Gasteiger partial charge in [0.05, 0.1) is 23.1 Å². The van der Waals surface area contributed by atoms with E-state index in [0.717, 1.165) is 12.3 Å². The Balaban J connectivity index is 2.08. The SMILES string of the molecule is CS(=O)(=O)c1ccc(-n2cncc2-c2ccc(F)cc2F)cc1. The van der Waals surface area contributed by atoms with Gasteiger partial charge in [0.25, 0.3) is 0 Å². The molecule has 0 fully saturated rings. The molecule has 0 aliphatic heterocycles. The first kappa shape index (κ1) is 15.4. The van der Waals surface area contributed by atoms with Crippen LogP contribution < -0.4 is 0 Å². The van der Waals surface area contributed by atoms with Gasteiger partial charge in [-0.25, -0.2) is 22.2 Å². The quantitative estimate of drug-likeness (QED) is 0.739. The number of rotatable bonds is 3. The van der Waals surface area contributed by atoms with Crippen LogP contribution in [0.1, 0.15) is 0 Å². The molecule has 0 amide bonds. The number of hydrogen-bond acceptors (Lipinski definition) is 3. The molecular weight excluding hydrogens is 322 g/mol. The maximum atomic E-state index is 14.0. The highest BCUT2D eigenvalue weighted by Gasteiger charge is 2.13. The number of halogens is 2. The van der Waals surface area contributed by atoms with Crippen molar-refractivity contribution < 1.29 is 17.2 Å². The largest absolute Gasteiger partial charge is 0.299 e. The summed E-state index contributed by atoms with van der Waals surface area (Å²) in [5.74, 6) is -1.35. The van der Waals surface area contributed by atoms with Gasteiger partial charge in [-0.1, -0.05) is 0 Å². The Morgan fingerprint density at radius 2 is 1.74 bits per heavy atom. The lowest BCUT2D eigenvalue weighted by atomic mass is 10.1. The van der Waals surface area contributed by atoms with Crippen LogP contribution in [0.5, 0.6) is 0 Å². The molecule has 0 N–H and O–H groups in total. The fourth-order valence-electron chi connectivity index (χ4n) is 2.25. The molecule has 118 valence electrons. The van der Waals surface area contributed by atoms with Crippen molar-refractivity contribution in [1.29, 1.82) is 0 Å². The summed E-state index contributed by atoms with van der Waals surface area (Å²) in [4.78, 5) is 4.18. The Kier molecular flexibility index (Phi) is 3.73. The summed E-state index contributed by atoms with van der Waals surface area (Å²) in [6, 6.07) is 9.45. The standard InChI is InChI=1S/C16H12F2N2O2S/c1-23(21,22)13-5-3-12(4-6-13)20-10-19-9-16(20)14-7-2-11(17)8-15(14)18/h2-10H,1H3. The zero-order valence-electron chi connectivity index (χ0n) is 12.1. The maximum Gasteiger partial charge on any atom is 0.175 e. The first-order valence-electron chi connectivity index (χ1n) is 6.64. The zero-order valence-corrected chi connectivity index (χ0v) is 12.9. The molecule has 1 aromatic heterocycles. The van der Waals surface area contributed by atoms with Crippen molar-refractivity contribution in [3.05, 3.63) is 66.6 Å². The predicted molar refractivity (Wildman–Crippen MR) is 82.0 cm³/mol. The smallest absolute Gasteiger partial charge is 0.175 e. The van der Waals surface area contributed by atoms with Crippen molar-refractivity contribution in [3.8, 4) is 16.9 Å². The lowest BCUT2D eigenvalue weighted by Crippen LogP contribution is -2.00. The van der Waals surface area contributed by atoms with Gasteiger partial charge in [0, 0.05) is 23.6 Å². The monoisotopic (exact) mass is 334 g/mol. The molecule has 7 heteroatoms. The zero-order chi connectivity index (χ0) is 16.6. The molecule has 0 bridgehead atoms. The minimum atomic E-state index is -3.29. The topological polar surface area (TPSA) is 52.0 Å². The second-order valence-corrected chi connectivity index (χ2v) is 7.05. The number of aromatic nitrogens is 2. The van der Waals surface area contributed by atoms with Crippen molar-refractivity contribution in [2.24, 2.45) is 0 Å². The van der Waals surface area contributed by atoms with Crippen LogP contribution in [0.4, 0.5) is 8.78 Å². The van der Waals surface area contributed by atoms with Crippen molar-refractivity contribution in [3.63, 3.8) is 0 Å². The predicted octanol–water partition coefficient (Wildman–Crippen LogP) is 3.22. The van der Waals surface area contributed by atoms with E-state index in [1.807, 2.05) is 0 Å². The Labute approximate surface area is 132 Å². The van der Waals surface area contributed by atoms with Crippen LogP contribution in [0.2, 0.25) is 0 Å². The number of benzene rings is 2. The molecule has 0 radical (unpaired) electrons. The van der Waals surface area contributed by atoms with Gasteiger partial charge < -0.3 is 0 Å². The molecule has 2 aromatic carbocycles. The van der Waals surface area contributed by atoms with Crippen LogP contribution in [0, 0.1) is 11.6 Å². The number of nitrogens with zero attached hydrogens (tertiary/aromatic N) is 2. The molecule has 4 nitrogen and oxygen atoms in total. The van der Waals surface area contributed by atoms with E-state index in [-0.39, 0.29) is 10.5 Å². The summed E-state index contributed by atoms with van der Waals surface area (Å²) in [5.41, 5.74) is 1.26. The van der Waals surface area contributed by atoms with Crippen LogP contribution in [0.3, 0.4) is 0 Å². The van der Waals surface area contributed by atoms with Gasteiger partial charge in [0.2, 0.25) is 0 Å². The minimum Gasteiger partial charge on any atom is -0.299 e. The average molecular weight is 334 g/mol. The molecule has 0 spiro atoms. The van der Waals surface area contributed by atoms with Gasteiger partial charge >= 0.3 is 0 Å². The number of hydrogen-bond donors (Lipinski definition) is 0. The average Bonchev–Trinajstić information content (AvgIpc) is 2.95. The van der Waals surface area contributed by atoms with E-state index in [2.05, 4.69) is 4.98 Å². The molecule has 0 saturated heterocycles. The fourth-order valence-corrected chi connectivity index (χ4v) is 2.88. The fraction of sp³-hybridized carbons (Fsp3) is 0.0625. The molecule has 0 aliphatic rings. The van der Waals surface area contributed by atoms with Crippen molar-refractivity contribution >= 4 is 9.84 Å². The van der Waals surface area contributed by atoms with Gasteiger partial charge in [-0.15, -0.1) is 0 Å². The summed E-state index contributed by atoms with van der Waals surface area (Å²) in [7, 11) is -3.29. The van der Waals surface area contributed by atoms with E-state index < -0.39 is 21.5 Å². The van der Waals surface area contributed by atoms with E-state index in [1.54, 1.807) is 16.7 Å². The van der Waals surface area contributed by atoms with Gasteiger partial charge in [0.1, 0.15) is 11.6 Å². The molecule has 0 unspecified atom stereocenters. The highest BCUT2D eigenvalue weighted by molar-refractivity contribution is 7.90. The second-order valence-electron chi connectivity index (χ2n) is 5.04. The Morgan fingerprint density at radius 3 is 2.35 bits per heavy atom. The van der Waals surface area contributed by atoms with Crippen molar-refractivity contribution in [2.75, 3.05) is 6.26 Å². The molecule has 0 aliphatic carbocycles. The van der Waals surface area contributed by atoms with E-state index in [4.69, 9.17) is 0 Å². The van der Waals surface area contributed by atoms with Gasteiger partial charge in [-0.05, 0) is 36.4 Å². The van der Waals surface area contributed by atoms with E-state index in [1.165, 1.54) is 36.8 Å². The number of sulfone groups is 1. The highest BCUT2D eigenvalue weighted by Crippen LogP contribution is 2.26. The minimum absolute atomic E-state index is 0.191. The molecule has 0 saturated carbocycles. The third-order valence-electron chi connectivity index (χ3n) is 3.39. The third-order valence-corrected chi connectivity index (χ3v) is 4.52. The van der Waals surface area contributed by atoms with Crippen LogP contribution in [0.15, 0.2) is 59.9 Å². The van der Waals surface area contributed by atoms with E-state index in [9.17, 15) is 17.2 Å². The Morgan fingerprint density at radius 1 is 1.04 bits per heavy atom. The van der Waals surface area contributed by atoms with Crippen LogP contribution in [-0.2, 0) is 9.84 Å². The molecular formula is C16H12F2N2O2S. The maximum absolute atomic E-state index is 14.0. The summed E-state index contributed by atoms with van der Waals surface area (Å²) >= 11 is 0.